The Morgan fingerprint density at radius 2 is 2.22 bits per heavy atom. The second-order valence-corrected chi connectivity index (χ2v) is 7.18. The van der Waals surface area contributed by atoms with Crippen LogP contribution in [0.2, 0.25) is 0 Å². The summed E-state index contributed by atoms with van der Waals surface area (Å²) >= 11 is 3.45. The molecule has 1 aliphatic heterocycles. The molecule has 0 aliphatic carbocycles. The third kappa shape index (κ3) is 3.44. The van der Waals surface area contributed by atoms with Gasteiger partial charge in [-0.1, -0.05) is 0 Å². The summed E-state index contributed by atoms with van der Waals surface area (Å²) in [5.41, 5.74) is 1.90. The molecule has 0 unspecified atom stereocenters. The van der Waals surface area contributed by atoms with Crippen LogP contribution in [-0.2, 0) is 4.74 Å². The fraction of sp³-hybridized carbons (Fsp3) is 0.312. The first-order valence-electron chi connectivity index (χ1n) is 7.20. The number of rotatable bonds is 1. The highest BCUT2D eigenvalue weighted by molar-refractivity contribution is 9.11. The zero-order valence-electron chi connectivity index (χ0n) is 13.1. The molecule has 3 heterocycles. The van der Waals surface area contributed by atoms with Gasteiger partial charge in [-0.25, -0.2) is 9.78 Å². The van der Waals surface area contributed by atoms with Crippen molar-refractivity contribution >= 4 is 38.6 Å². The molecule has 23 heavy (non-hydrogen) atoms. The monoisotopic (exact) mass is 376 g/mol. The first-order valence-corrected chi connectivity index (χ1v) is 8.00. The summed E-state index contributed by atoms with van der Waals surface area (Å²) in [7, 11) is 0. The van der Waals surface area contributed by atoms with Crippen molar-refractivity contribution in [2.45, 2.75) is 26.4 Å². The van der Waals surface area contributed by atoms with Crippen molar-refractivity contribution in [3.8, 4) is 0 Å². The third-order valence-electron chi connectivity index (χ3n) is 3.21. The minimum atomic E-state index is -0.538. The Labute approximate surface area is 142 Å². The number of aromatic nitrogens is 3. The van der Waals surface area contributed by atoms with Gasteiger partial charge in [-0.3, -0.25) is 10.00 Å². The normalized spacial score (nSPS) is 15.4. The maximum Gasteiger partial charge on any atom is 0.414 e. The van der Waals surface area contributed by atoms with E-state index in [2.05, 4.69) is 31.1 Å². The number of amides is 1. The second-order valence-electron chi connectivity index (χ2n) is 6.26. The number of halogens is 1. The highest BCUT2D eigenvalue weighted by atomic mass is 79.9. The summed E-state index contributed by atoms with van der Waals surface area (Å²) in [6, 6.07) is 3.81. The molecule has 7 heteroatoms. The number of aromatic amines is 1. The fourth-order valence-corrected chi connectivity index (χ4v) is 2.83. The van der Waals surface area contributed by atoms with Crippen molar-refractivity contribution in [2.24, 2.45) is 0 Å². The van der Waals surface area contributed by atoms with E-state index in [-0.39, 0.29) is 6.09 Å². The fourth-order valence-electron chi connectivity index (χ4n) is 2.31. The second kappa shape index (κ2) is 5.81. The first-order chi connectivity index (χ1) is 10.8. The van der Waals surface area contributed by atoms with Crippen LogP contribution in [0.1, 0.15) is 26.5 Å². The maximum atomic E-state index is 12.3. The molecule has 120 valence electrons. The number of nitrogens with one attached hydrogen (secondary N) is 1. The Bertz CT molecular complexity index is 817. The van der Waals surface area contributed by atoms with Gasteiger partial charge in [-0.15, -0.1) is 0 Å². The molecule has 0 bridgehead atoms. The van der Waals surface area contributed by atoms with Gasteiger partial charge in [0.1, 0.15) is 5.60 Å². The molecule has 0 spiro atoms. The van der Waals surface area contributed by atoms with Gasteiger partial charge in [-0.05, 0) is 60.5 Å². The van der Waals surface area contributed by atoms with Gasteiger partial charge >= 0.3 is 6.09 Å². The molecule has 2 aromatic rings. The molecule has 3 rings (SSSR count). The number of pyridine rings is 1. The Hall–Kier alpha value is -2.15. The average molecular weight is 377 g/mol. The molecular weight excluding hydrogens is 360 g/mol. The average Bonchev–Trinajstić information content (AvgIpc) is 2.88. The summed E-state index contributed by atoms with van der Waals surface area (Å²) in [5, 5.41) is 8.13. The van der Waals surface area contributed by atoms with Crippen LogP contribution in [0.5, 0.6) is 0 Å². The molecule has 0 fully saturated rings. The van der Waals surface area contributed by atoms with Gasteiger partial charge in [0.2, 0.25) is 0 Å². The van der Waals surface area contributed by atoms with Crippen LogP contribution in [0, 0.1) is 0 Å². The van der Waals surface area contributed by atoms with E-state index in [9.17, 15) is 4.79 Å². The minimum absolute atomic E-state index is 0.387. The van der Waals surface area contributed by atoms with Crippen LogP contribution in [0.25, 0.3) is 16.6 Å². The van der Waals surface area contributed by atoms with E-state index in [1.165, 1.54) is 4.90 Å². The van der Waals surface area contributed by atoms with Crippen LogP contribution in [0.15, 0.2) is 35.1 Å². The van der Waals surface area contributed by atoms with E-state index in [4.69, 9.17) is 4.74 Å². The summed E-state index contributed by atoms with van der Waals surface area (Å²) < 4.78 is 6.22. The standard InChI is InChI=1S/C16H17BrN4O2/c1-16(2,3)23-15(22)21-8-10(7-11(17)9-21)13-12-5-4-6-18-14(12)20-19-13/h4-7,9H,8H2,1-3H3,(H,18,19,20). The predicted octanol–water partition coefficient (Wildman–Crippen LogP) is 3.83. The Morgan fingerprint density at radius 1 is 1.43 bits per heavy atom. The maximum absolute atomic E-state index is 12.3. The van der Waals surface area contributed by atoms with Gasteiger partial charge in [-0.2, -0.15) is 5.10 Å². The van der Waals surface area contributed by atoms with Gasteiger partial charge in [0.05, 0.1) is 12.2 Å². The lowest BCUT2D eigenvalue weighted by molar-refractivity contribution is 0.0353. The van der Waals surface area contributed by atoms with Crippen molar-refractivity contribution in [1.82, 2.24) is 20.1 Å². The topological polar surface area (TPSA) is 71.1 Å². The number of ether oxygens (including phenoxy) is 1. The zero-order chi connectivity index (χ0) is 16.6. The number of fused-ring (bicyclic) bond motifs is 1. The molecule has 0 radical (unpaired) electrons. The van der Waals surface area contributed by atoms with Crippen molar-refractivity contribution in [1.29, 1.82) is 0 Å². The lowest BCUT2D eigenvalue weighted by atomic mass is 10.1. The lowest BCUT2D eigenvalue weighted by Crippen LogP contribution is -2.35. The van der Waals surface area contributed by atoms with E-state index in [1.54, 1.807) is 12.4 Å². The molecule has 0 saturated heterocycles. The van der Waals surface area contributed by atoms with Crippen LogP contribution in [-0.4, -0.2) is 38.3 Å². The van der Waals surface area contributed by atoms with Gasteiger partial charge in [0.25, 0.3) is 0 Å². The molecule has 6 nitrogen and oxygen atoms in total. The van der Waals surface area contributed by atoms with E-state index < -0.39 is 5.60 Å². The highest BCUT2D eigenvalue weighted by Crippen LogP contribution is 2.29. The quantitative estimate of drug-likeness (QED) is 0.820. The number of carbonyl (C=O) groups is 1. The van der Waals surface area contributed by atoms with Crippen LogP contribution in [0.4, 0.5) is 4.79 Å². The number of hydrogen-bond donors (Lipinski definition) is 1. The molecule has 1 aliphatic rings. The first kappa shape index (κ1) is 15.7. The van der Waals surface area contributed by atoms with Gasteiger partial charge in [0, 0.05) is 22.3 Å². The van der Waals surface area contributed by atoms with Crippen LogP contribution < -0.4 is 0 Å². The Balaban J connectivity index is 1.90. The highest BCUT2D eigenvalue weighted by Gasteiger charge is 2.25. The number of nitrogens with zero attached hydrogens (tertiary/aromatic N) is 3. The molecule has 0 saturated carbocycles. The van der Waals surface area contributed by atoms with E-state index in [0.29, 0.717) is 12.2 Å². The summed E-state index contributed by atoms with van der Waals surface area (Å²) in [6.45, 7) is 5.94. The minimum Gasteiger partial charge on any atom is -0.443 e. The SMILES string of the molecule is CC(C)(C)OC(=O)N1C=C(Br)C=C(c2[nH]nc3ncccc23)C1. The van der Waals surface area contributed by atoms with E-state index >= 15 is 0 Å². The number of H-pyrrole nitrogens is 1. The molecule has 1 N–H and O–H groups in total. The molecule has 0 atom stereocenters. The van der Waals surface area contributed by atoms with E-state index in [0.717, 1.165) is 21.1 Å². The largest absolute Gasteiger partial charge is 0.443 e. The summed E-state index contributed by atoms with van der Waals surface area (Å²) in [5.74, 6) is 0. The number of allylic oxidation sites excluding steroid dienone is 2. The van der Waals surface area contributed by atoms with Gasteiger partial charge in [0.15, 0.2) is 5.65 Å². The van der Waals surface area contributed by atoms with Crippen molar-refractivity contribution < 1.29 is 9.53 Å². The molecule has 1 amide bonds. The Morgan fingerprint density at radius 3 is 2.96 bits per heavy atom. The zero-order valence-corrected chi connectivity index (χ0v) is 14.7. The van der Waals surface area contributed by atoms with Gasteiger partial charge < -0.3 is 4.74 Å². The predicted molar refractivity (Wildman–Crippen MR) is 91.8 cm³/mol. The summed E-state index contributed by atoms with van der Waals surface area (Å²) in [6.07, 6.45) is 4.99. The van der Waals surface area contributed by atoms with Crippen LogP contribution in [0.3, 0.4) is 0 Å². The summed E-state index contributed by atoms with van der Waals surface area (Å²) in [4.78, 5) is 18.1. The third-order valence-corrected chi connectivity index (χ3v) is 3.64. The smallest absolute Gasteiger partial charge is 0.414 e. The number of hydrogen-bond acceptors (Lipinski definition) is 4. The molecule has 2 aromatic heterocycles. The lowest BCUT2D eigenvalue weighted by Gasteiger charge is -2.27. The van der Waals surface area contributed by atoms with Crippen LogP contribution >= 0.6 is 15.9 Å². The molecule has 0 aromatic carbocycles. The van der Waals surface area contributed by atoms with E-state index in [1.807, 2.05) is 39.0 Å². The van der Waals surface area contributed by atoms with Crippen molar-refractivity contribution in [3.63, 3.8) is 0 Å². The Kier molecular flexibility index (Phi) is 3.97. The number of carbonyl (C=O) groups excluding carboxylic acids is 1. The van der Waals surface area contributed by atoms with Crippen molar-refractivity contribution in [2.75, 3.05) is 6.54 Å². The molecular formula is C16H17BrN4O2. The van der Waals surface area contributed by atoms with Crippen molar-refractivity contribution in [3.05, 3.63) is 40.8 Å².